The van der Waals surface area contributed by atoms with Crippen molar-refractivity contribution in [2.75, 3.05) is 0 Å². The largest absolute Gasteiger partial charge is 0.299 e. The summed E-state index contributed by atoms with van der Waals surface area (Å²) < 4.78 is 0. The lowest BCUT2D eigenvalue weighted by Gasteiger charge is -2.34. The SMILES string of the molecule is CC1CCCC2C(=O)C[C@@H](C(C#N)C#N)C12. The molecule has 3 unspecified atom stereocenters. The second-order valence-corrected chi connectivity index (χ2v) is 5.16. The van der Waals surface area contributed by atoms with E-state index in [-0.39, 0.29) is 23.5 Å². The Kier molecular flexibility index (Phi) is 2.97. The molecule has 0 aromatic rings. The fourth-order valence-corrected chi connectivity index (χ4v) is 3.62. The van der Waals surface area contributed by atoms with Crippen LogP contribution in [0.15, 0.2) is 0 Å². The third-order valence-corrected chi connectivity index (χ3v) is 4.35. The molecule has 0 spiro atoms. The molecule has 0 amide bonds. The zero-order valence-electron chi connectivity index (χ0n) is 9.52. The van der Waals surface area contributed by atoms with Crippen LogP contribution in [-0.2, 0) is 4.79 Å². The first-order chi connectivity index (χ1) is 7.69. The maximum Gasteiger partial charge on any atom is 0.136 e. The second kappa shape index (κ2) is 4.26. The van der Waals surface area contributed by atoms with Gasteiger partial charge in [0.25, 0.3) is 0 Å². The summed E-state index contributed by atoms with van der Waals surface area (Å²) in [5, 5.41) is 17.9. The zero-order chi connectivity index (χ0) is 11.7. The lowest BCUT2D eigenvalue weighted by molar-refractivity contribution is -0.122. The van der Waals surface area contributed by atoms with Crippen molar-refractivity contribution in [1.29, 1.82) is 10.5 Å². The number of fused-ring (bicyclic) bond motifs is 1. The topological polar surface area (TPSA) is 64.7 Å². The number of nitriles is 2. The van der Waals surface area contributed by atoms with Gasteiger partial charge < -0.3 is 0 Å². The first-order valence-corrected chi connectivity index (χ1v) is 6.01. The predicted octanol–water partition coefficient (Wildman–Crippen LogP) is 2.29. The fourth-order valence-electron chi connectivity index (χ4n) is 3.62. The van der Waals surface area contributed by atoms with Gasteiger partial charge in [-0.1, -0.05) is 19.8 Å². The molecule has 3 nitrogen and oxygen atoms in total. The highest BCUT2D eigenvalue weighted by molar-refractivity contribution is 5.84. The molecule has 2 fully saturated rings. The van der Waals surface area contributed by atoms with E-state index in [1.165, 1.54) is 0 Å². The van der Waals surface area contributed by atoms with Crippen LogP contribution in [0.1, 0.15) is 32.6 Å². The number of carbonyl (C=O) groups excluding carboxylic acids is 1. The van der Waals surface area contributed by atoms with Gasteiger partial charge in [0.1, 0.15) is 11.7 Å². The minimum Gasteiger partial charge on any atom is -0.299 e. The van der Waals surface area contributed by atoms with E-state index < -0.39 is 5.92 Å². The van der Waals surface area contributed by atoms with Gasteiger partial charge in [0.2, 0.25) is 0 Å². The van der Waals surface area contributed by atoms with Crippen molar-refractivity contribution in [3.05, 3.63) is 0 Å². The molecule has 0 N–H and O–H groups in total. The lowest BCUT2D eigenvalue weighted by atomic mass is 9.69. The molecule has 2 aliphatic carbocycles. The average molecular weight is 216 g/mol. The molecule has 0 aromatic carbocycles. The van der Waals surface area contributed by atoms with Gasteiger partial charge in [0, 0.05) is 12.3 Å². The van der Waals surface area contributed by atoms with Gasteiger partial charge in [-0.05, 0) is 24.2 Å². The van der Waals surface area contributed by atoms with Crippen LogP contribution < -0.4 is 0 Å². The van der Waals surface area contributed by atoms with Crippen LogP contribution in [0.3, 0.4) is 0 Å². The van der Waals surface area contributed by atoms with Crippen LogP contribution in [0.2, 0.25) is 0 Å². The number of hydrogen-bond donors (Lipinski definition) is 0. The van der Waals surface area contributed by atoms with Crippen LogP contribution >= 0.6 is 0 Å². The Labute approximate surface area is 96.1 Å². The smallest absolute Gasteiger partial charge is 0.136 e. The minimum absolute atomic E-state index is 0.0113. The molecular weight excluding hydrogens is 200 g/mol. The van der Waals surface area contributed by atoms with Crippen molar-refractivity contribution in [3.63, 3.8) is 0 Å². The van der Waals surface area contributed by atoms with E-state index in [9.17, 15) is 4.79 Å². The Morgan fingerprint density at radius 2 is 2.00 bits per heavy atom. The molecule has 0 saturated heterocycles. The van der Waals surface area contributed by atoms with Crippen molar-refractivity contribution in [2.45, 2.75) is 32.6 Å². The predicted molar refractivity (Wildman–Crippen MR) is 57.8 cm³/mol. The molecule has 0 bridgehead atoms. The molecule has 0 heterocycles. The summed E-state index contributed by atoms with van der Waals surface area (Å²) in [6.07, 6.45) is 3.67. The summed E-state index contributed by atoms with van der Waals surface area (Å²) in [5.41, 5.74) is 0. The summed E-state index contributed by atoms with van der Waals surface area (Å²) in [6.45, 7) is 2.16. The Bertz CT molecular complexity index is 362. The number of ketones is 1. The van der Waals surface area contributed by atoms with Gasteiger partial charge in [-0.2, -0.15) is 10.5 Å². The Balaban J connectivity index is 2.25. The van der Waals surface area contributed by atoms with E-state index in [1.54, 1.807) is 0 Å². The van der Waals surface area contributed by atoms with Crippen molar-refractivity contribution < 1.29 is 4.79 Å². The van der Waals surface area contributed by atoms with Crippen molar-refractivity contribution in [1.82, 2.24) is 0 Å². The van der Waals surface area contributed by atoms with Crippen LogP contribution in [0.25, 0.3) is 0 Å². The molecule has 0 aliphatic heterocycles. The first kappa shape index (κ1) is 11.1. The van der Waals surface area contributed by atoms with Crippen LogP contribution in [0.4, 0.5) is 0 Å². The molecular formula is C13H16N2O. The maximum atomic E-state index is 11.9. The summed E-state index contributed by atoms with van der Waals surface area (Å²) >= 11 is 0. The highest BCUT2D eigenvalue weighted by Crippen LogP contribution is 2.49. The third-order valence-electron chi connectivity index (χ3n) is 4.35. The Hall–Kier alpha value is -1.35. The van der Waals surface area contributed by atoms with Crippen LogP contribution in [-0.4, -0.2) is 5.78 Å². The zero-order valence-corrected chi connectivity index (χ0v) is 9.52. The van der Waals surface area contributed by atoms with Crippen LogP contribution in [0.5, 0.6) is 0 Å². The number of nitrogens with zero attached hydrogens (tertiary/aromatic N) is 2. The van der Waals surface area contributed by atoms with Gasteiger partial charge in [0.15, 0.2) is 0 Å². The average Bonchev–Trinajstić information content (AvgIpc) is 2.60. The van der Waals surface area contributed by atoms with Gasteiger partial charge in [-0.15, -0.1) is 0 Å². The molecule has 2 saturated carbocycles. The van der Waals surface area contributed by atoms with E-state index in [2.05, 4.69) is 19.1 Å². The number of Topliss-reactive ketones (excluding diaryl/α,β-unsaturated/α-hetero) is 1. The van der Waals surface area contributed by atoms with Gasteiger partial charge >= 0.3 is 0 Å². The van der Waals surface area contributed by atoms with Gasteiger partial charge in [-0.3, -0.25) is 4.79 Å². The first-order valence-electron chi connectivity index (χ1n) is 6.01. The van der Waals surface area contributed by atoms with Crippen molar-refractivity contribution in [3.8, 4) is 12.1 Å². The number of carbonyl (C=O) groups is 1. The van der Waals surface area contributed by atoms with Crippen molar-refractivity contribution in [2.24, 2.45) is 29.6 Å². The molecule has 2 rings (SSSR count). The standard InChI is InChI=1S/C13H16N2O/c1-8-3-2-4-10-12(16)5-11(13(8)10)9(6-14)7-15/h8-11,13H,2-5H2,1H3/t8?,10?,11-,13?/m0/s1. The quantitative estimate of drug-likeness (QED) is 0.675. The molecule has 4 atom stereocenters. The minimum atomic E-state index is -0.598. The summed E-state index contributed by atoms with van der Waals surface area (Å²) in [4.78, 5) is 11.9. The fraction of sp³-hybridized carbons (Fsp3) is 0.769. The number of hydrogen-bond acceptors (Lipinski definition) is 3. The monoisotopic (exact) mass is 216 g/mol. The van der Waals surface area contributed by atoms with E-state index >= 15 is 0 Å². The summed E-state index contributed by atoms with van der Waals surface area (Å²) in [6, 6.07) is 4.11. The molecule has 16 heavy (non-hydrogen) atoms. The maximum absolute atomic E-state index is 11.9. The van der Waals surface area contributed by atoms with E-state index in [1.807, 2.05) is 0 Å². The Morgan fingerprint density at radius 1 is 1.31 bits per heavy atom. The molecule has 2 aliphatic rings. The van der Waals surface area contributed by atoms with E-state index in [4.69, 9.17) is 10.5 Å². The highest BCUT2D eigenvalue weighted by Gasteiger charge is 2.49. The van der Waals surface area contributed by atoms with Gasteiger partial charge in [0.05, 0.1) is 12.1 Å². The third kappa shape index (κ3) is 1.61. The summed E-state index contributed by atoms with van der Waals surface area (Å²) in [7, 11) is 0. The lowest BCUT2D eigenvalue weighted by Crippen LogP contribution is -2.31. The molecule has 84 valence electrons. The van der Waals surface area contributed by atoms with E-state index in [0.717, 1.165) is 19.3 Å². The van der Waals surface area contributed by atoms with E-state index in [0.29, 0.717) is 12.3 Å². The second-order valence-electron chi connectivity index (χ2n) is 5.16. The van der Waals surface area contributed by atoms with Crippen LogP contribution in [0, 0.1) is 52.3 Å². The molecule has 0 aromatic heterocycles. The number of rotatable bonds is 1. The Morgan fingerprint density at radius 3 is 2.62 bits per heavy atom. The molecule has 0 radical (unpaired) electrons. The van der Waals surface area contributed by atoms with Crippen molar-refractivity contribution >= 4 is 5.78 Å². The summed E-state index contributed by atoms with van der Waals surface area (Å²) in [5.74, 6) is 0.585. The van der Waals surface area contributed by atoms with Gasteiger partial charge in [-0.25, -0.2) is 0 Å². The highest BCUT2D eigenvalue weighted by atomic mass is 16.1. The molecule has 3 heteroatoms. The normalized spacial score (nSPS) is 37.9.